The van der Waals surface area contributed by atoms with Gasteiger partial charge in [0, 0.05) is 39.4 Å². The molecule has 132 valence electrons. The lowest BCUT2D eigenvalue weighted by Crippen LogP contribution is -2.38. The van der Waals surface area contributed by atoms with Crippen LogP contribution in [0.1, 0.15) is 5.56 Å². The molecular weight excluding hydrogens is 318 g/mol. The molecule has 0 bridgehead atoms. The maximum absolute atomic E-state index is 12.6. The normalized spacial score (nSPS) is 17.9. The number of nitrogens with zero attached hydrogens (tertiary/aromatic N) is 4. The molecule has 7 nitrogen and oxygen atoms in total. The number of hydrogen-bond donors (Lipinski definition) is 2. The zero-order chi connectivity index (χ0) is 17.6. The monoisotopic (exact) mass is 341 g/mol. The van der Waals surface area contributed by atoms with E-state index in [1.54, 1.807) is 24.2 Å². The van der Waals surface area contributed by atoms with Gasteiger partial charge >= 0.3 is 0 Å². The van der Waals surface area contributed by atoms with Crippen LogP contribution in [0.15, 0.2) is 42.6 Å². The minimum Gasteiger partial charge on any atom is -0.389 e. The van der Waals surface area contributed by atoms with Gasteiger partial charge in [-0.05, 0) is 11.6 Å². The van der Waals surface area contributed by atoms with Crippen LogP contribution in [-0.2, 0) is 11.2 Å². The van der Waals surface area contributed by atoms with Gasteiger partial charge in [-0.25, -0.2) is 4.98 Å². The molecule has 1 aromatic carbocycles. The molecule has 0 aliphatic carbocycles. The maximum Gasteiger partial charge on any atom is 0.227 e. The average molecular weight is 341 g/mol. The van der Waals surface area contributed by atoms with Crippen LogP contribution in [0.25, 0.3) is 0 Å². The number of benzene rings is 1. The summed E-state index contributed by atoms with van der Waals surface area (Å²) in [7, 11) is 1.80. The highest BCUT2D eigenvalue weighted by atomic mass is 16.3. The first-order valence-electron chi connectivity index (χ1n) is 8.41. The highest BCUT2D eigenvalue weighted by molar-refractivity contribution is 5.79. The van der Waals surface area contributed by atoms with E-state index in [-0.39, 0.29) is 5.91 Å². The second-order valence-electron chi connectivity index (χ2n) is 6.09. The molecule has 2 N–H and O–H groups in total. The Kier molecular flexibility index (Phi) is 5.45. The summed E-state index contributed by atoms with van der Waals surface area (Å²) in [5.74, 6) is 1.31. The lowest BCUT2D eigenvalue weighted by Gasteiger charge is -2.22. The number of carbonyl (C=O) groups is 1. The molecule has 1 saturated heterocycles. The van der Waals surface area contributed by atoms with Crippen LogP contribution >= 0.6 is 0 Å². The van der Waals surface area contributed by atoms with E-state index in [0.29, 0.717) is 38.5 Å². The molecule has 3 rings (SSSR count). The third-order valence-corrected chi connectivity index (χ3v) is 4.23. The van der Waals surface area contributed by atoms with Gasteiger partial charge in [0.15, 0.2) is 0 Å². The number of nitrogens with one attached hydrogen (secondary N) is 1. The number of aliphatic hydroxyl groups is 1. The molecular formula is C18H23N5O2. The van der Waals surface area contributed by atoms with Gasteiger partial charge in [0.05, 0.1) is 12.5 Å². The van der Waals surface area contributed by atoms with Gasteiger partial charge in [-0.2, -0.15) is 4.98 Å². The molecule has 0 saturated carbocycles. The van der Waals surface area contributed by atoms with Crippen molar-refractivity contribution in [2.45, 2.75) is 12.5 Å². The molecule has 25 heavy (non-hydrogen) atoms. The third kappa shape index (κ3) is 4.45. The van der Waals surface area contributed by atoms with Crippen molar-refractivity contribution in [2.24, 2.45) is 0 Å². The lowest BCUT2D eigenvalue weighted by atomic mass is 10.1. The molecule has 0 unspecified atom stereocenters. The maximum atomic E-state index is 12.6. The highest BCUT2D eigenvalue weighted by Gasteiger charge is 2.25. The Hall–Kier alpha value is -2.67. The first-order valence-corrected chi connectivity index (χ1v) is 8.41. The zero-order valence-corrected chi connectivity index (χ0v) is 14.3. The van der Waals surface area contributed by atoms with Crippen LogP contribution < -0.4 is 10.2 Å². The van der Waals surface area contributed by atoms with E-state index < -0.39 is 6.10 Å². The van der Waals surface area contributed by atoms with Crippen LogP contribution in [0.3, 0.4) is 0 Å². The van der Waals surface area contributed by atoms with E-state index in [9.17, 15) is 9.90 Å². The Morgan fingerprint density at radius 1 is 1.24 bits per heavy atom. The Morgan fingerprint density at radius 2 is 2.04 bits per heavy atom. The van der Waals surface area contributed by atoms with Crippen molar-refractivity contribution >= 4 is 17.7 Å². The van der Waals surface area contributed by atoms with E-state index in [4.69, 9.17) is 0 Å². The highest BCUT2D eigenvalue weighted by Crippen LogP contribution is 2.14. The Balaban J connectivity index is 1.67. The number of carbonyl (C=O) groups excluding carboxylic acids is 1. The molecule has 1 aliphatic rings. The summed E-state index contributed by atoms with van der Waals surface area (Å²) < 4.78 is 0. The standard InChI is InChI=1S/C18H23N5O2/c1-19-16-7-8-20-18(21-16)23-10-9-22(12-15(24)13-23)17(25)11-14-5-3-2-4-6-14/h2-8,15,24H,9-13H2,1H3,(H,19,20,21)/t15-/m1/s1. The first kappa shape index (κ1) is 17.2. The fourth-order valence-electron chi connectivity index (χ4n) is 2.92. The van der Waals surface area contributed by atoms with Gasteiger partial charge in [0.1, 0.15) is 5.82 Å². The van der Waals surface area contributed by atoms with Gasteiger partial charge in [0.25, 0.3) is 0 Å². The molecule has 1 amide bonds. The van der Waals surface area contributed by atoms with Crippen molar-refractivity contribution in [2.75, 3.05) is 43.4 Å². The van der Waals surface area contributed by atoms with E-state index in [0.717, 1.165) is 11.4 Å². The zero-order valence-electron chi connectivity index (χ0n) is 14.3. The third-order valence-electron chi connectivity index (χ3n) is 4.23. The fraction of sp³-hybridized carbons (Fsp3) is 0.389. The van der Waals surface area contributed by atoms with Crippen LogP contribution in [0, 0.1) is 0 Å². The number of aromatic nitrogens is 2. The van der Waals surface area contributed by atoms with Gasteiger partial charge in [-0.3, -0.25) is 4.79 Å². The van der Waals surface area contributed by atoms with Crippen LogP contribution in [0.5, 0.6) is 0 Å². The first-order chi connectivity index (χ1) is 12.2. The molecule has 1 atom stereocenters. The summed E-state index contributed by atoms with van der Waals surface area (Å²) in [6.07, 6.45) is 1.40. The largest absolute Gasteiger partial charge is 0.389 e. The summed E-state index contributed by atoms with van der Waals surface area (Å²) in [6, 6.07) is 11.4. The molecule has 1 fully saturated rings. The number of amides is 1. The van der Waals surface area contributed by atoms with Crippen molar-refractivity contribution < 1.29 is 9.90 Å². The predicted molar refractivity (Wildman–Crippen MR) is 96.5 cm³/mol. The number of β-amino-alcohol motifs (C(OH)–C–C–N with tert-alkyl or cyclic N) is 1. The second-order valence-corrected chi connectivity index (χ2v) is 6.09. The minimum absolute atomic E-state index is 0.0250. The SMILES string of the molecule is CNc1ccnc(N2CCN(C(=O)Cc3ccccc3)C[C@@H](O)C2)n1. The lowest BCUT2D eigenvalue weighted by molar-refractivity contribution is -0.131. The summed E-state index contributed by atoms with van der Waals surface area (Å²) in [5.41, 5.74) is 0.980. The Bertz CT molecular complexity index is 710. The van der Waals surface area contributed by atoms with E-state index in [1.165, 1.54) is 0 Å². The topological polar surface area (TPSA) is 81.6 Å². The fourth-order valence-corrected chi connectivity index (χ4v) is 2.92. The quantitative estimate of drug-likeness (QED) is 0.855. The molecule has 0 spiro atoms. The second kappa shape index (κ2) is 7.94. The molecule has 1 aromatic heterocycles. The smallest absolute Gasteiger partial charge is 0.227 e. The van der Waals surface area contributed by atoms with Crippen molar-refractivity contribution in [1.82, 2.24) is 14.9 Å². The summed E-state index contributed by atoms with van der Waals surface area (Å²) in [6.45, 7) is 1.86. The van der Waals surface area contributed by atoms with Crippen molar-refractivity contribution in [1.29, 1.82) is 0 Å². The van der Waals surface area contributed by atoms with Crippen molar-refractivity contribution in [3.63, 3.8) is 0 Å². The summed E-state index contributed by atoms with van der Waals surface area (Å²) in [4.78, 5) is 24.9. The van der Waals surface area contributed by atoms with Crippen LogP contribution in [0.2, 0.25) is 0 Å². The Morgan fingerprint density at radius 3 is 2.80 bits per heavy atom. The Labute approximate surface area is 147 Å². The van der Waals surface area contributed by atoms with Crippen molar-refractivity contribution in [3.05, 3.63) is 48.2 Å². The molecule has 2 aromatic rings. The van der Waals surface area contributed by atoms with Crippen LogP contribution in [0.4, 0.5) is 11.8 Å². The molecule has 2 heterocycles. The van der Waals surface area contributed by atoms with Crippen LogP contribution in [-0.4, -0.2) is 65.2 Å². The number of aliphatic hydroxyl groups excluding tert-OH is 1. The van der Waals surface area contributed by atoms with Gasteiger partial charge < -0.3 is 20.2 Å². The summed E-state index contributed by atoms with van der Waals surface area (Å²) in [5, 5.41) is 13.3. The van der Waals surface area contributed by atoms with E-state index >= 15 is 0 Å². The number of rotatable bonds is 4. The molecule has 1 aliphatic heterocycles. The molecule has 7 heteroatoms. The van der Waals surface area contributed by atoms with Gasteiger partial charge in [0.2, 0.25) is 11.9 Å². The number of anilines is 2. The van der Waals surface area contributed by atoms with E-state index in [1.807, 2.05) is 35.2 Å². The van der Waals surface area contributed by atoms with Gasteiger partial charge in [-0.15, -0.1) is 0 Å². The predicted octanol–water partition coefficient (Wildman–Crippen LogP) is 0.770. The number of hydrogen-bond acceptors (Lipinski definition) is 6. The van der Waals surface area contributed by atoms with E-state index in [2.05, 4.69) is 15.3 Å². The molecule has 0 radical (unpaired) electrons. The minimum atomic E-state index is -0.635. The average Bonchev–Trinajstić information content (AvgIpc) is 2.84. The van der Waals surface area contributed by atoms with Gasteiger partial charge in [-0.1, -0.05) is 30.3 Å². The summed E-state index contributed by atoms with van der Waals surface area (Å²) >= 11 is 0. The van der Waals surface area contributed by atoms with Crippen molar-refractivity contribution in [3.8, 4) is 0 Å².